The lowest BCUT2D eigenvalue weighted by molar-refractivity contribution is 0.355. The normalized spacial score (nSPS) is 12.0. The summed E-state index contributed by atoms with van der Waals surface area (Å²) in [6.07, 6.45) is 0.985. The molecule has 0 atom stereocenters. The van der Waals surface area contributed by atoms with Crippen molar-refractivity contribution in [2.75, 3.05) is 18.5 Å². The molecular formula is C23H29N3O3S. The van der Waals surface area contributed by atoms with Crippen molar-refractivity contribution < 1.29 is 12.9 Å². The molecule has 160 valence electrons. The number of benzene rings is 2. The molecule has 2 aromatic carbocycles. The van der Waals surface area contributed by atoms with Gasteiger partial charge in [0.25, 0.3) is 15.9 Å². The van der Waals surface area contributed by atoms with Crippen LogP contribution in [0.15, 0.2) is 57.9 Å². The topological polar surface area (TPSA) is 66.7 Å². The van der Waals surface area contributed by atoms with Crippen molar-refractivity contribution >= 4 is 15.9 Å². The quantitative estimate of drug-likeness (QED) is 0.505. The van der Waals surface area contributed by atoms with Gasteiger partial charge in [0.2, 0.25) is 0 Å². The van der Waals surface area contributed by atoms with Crippen molar-refractivity contribution in [3.05, 3.63) is 65.4 Å². The summed E-state index contributed by atoms with van der Waals surface area (Å²) in [6, 6.07) is 15.1. The Morgan fingerprint density at radius 2 is 1.63 bits per heavy atom. The summed E-state index contributed by atoms with van der Waals surface area (Å²) in [6.45, 7) is 7.94. The summed E-state index contributed by atoms with van der Waals surface area (Å²) in [5, 5.41) is 5.42. The first-order chi connectivity index (χ1) is 14.1. The fourth-order valence-corrected chi connectivity index (χ4v) is 5.12. The van der Waals surface area contributed by atoms with Crippen molar-refractivity contribution in [2.45, 2.75) is 39.0 Å². The molecule has 6 nitrogen and oxygen atoms in total. The van der Waals surface area contributed by atoms with Gasteiger partial charge in [0.15, 0.2) is 0 Å². The molecule has 0 saturated carbocycles. The zero-order valence-corrected chi connectivity index (χ0v) is 19.2. The molecule has 0 aliphatic heterocycles. The van der Waals surface area contributed by atoms with Crippen LogP contribution in [0.4, 0.5) is 5.88 Å². The van der Waals surface area contributed by atoms with Crippen LogP contribution >= 0.6 is 0 Å². The molecule has 0 fully saturated rings. The van der Waals surface area contributed by atoms with Crippen molar-refractivity contribution in [1.29, 1.82) is 0 Å². The third-order valence-corrected chi connectivity index (χ3v) is 6.83. The number of nitrogens with zero attached hydrogens (tertiary/aromatic N) is 3. The van der Waals surface area contributed by atoms with Crippen LogP contribution in [0.1, 0.15) is 30.7 Å². The zero-order valence-electron chi connectivity index (χ0n) is 18.4. The number of hydrogen-bond acceptors (Lipinski definition) is 5. The van der Waals surface area contributed by atoms with E-state index in [2.05, 4.69) is 31.1 Å². The summed E-state index contributed by atoms with van der Waals surface area (Å²) in [4.78, 5) is 0.212. The molecule has 0 bridgehead atoms. The van der Waals surface area contributed by atoms with E-state index in [-0.39, 0.29) is 10.8 Å². The molecule has 0 aliphatic rings. The van der Waals surface area contributed by atoms with Gasteiger partial charge in [-0.2, -0.15) is 12.8 Å². The Labute approximate surface area is 179 Å². The SMILES string of the molecule is Cc1noc(N(N(C)C)S(=O)(=O)c2ccccc2-c2ccc(CC(C)C)cc2)c1C. The number of hydrazine groups is 1. The van der Waals surface area contributed by atoms with Crippen LogP contribution in [0.2, 0.25) is 0 Å². The molecule has 7 heteroatoms. The highest BCUT2D eigenvalue weighted by Gasteiger charge is 2.33. The summed E-state index contributed by atoms with van der Waals surface area (Å²) in [5.41, 5.74) is 4.07. The van der Waals surface area contributed by atoms with Crippen LogP contribution in [0.25, 0.3) is 11.1 Å². The average Bonchev–Trinajstić information content (AvgIpc) is 3.00. The maximum atomic E-state index is 13.7. The monoisotopic (exact) mass is 427 g/mol. The van der Waals surface area contributed by atoms with E-state index in [0.29, 0.717) is 22.7 Å². The minimum Gasteiger partial charge on any atom is -0.336 e. The van der Waals surface area contributed by atoms with Crippen molar-refractivity contribution in [3.8, 4) is 11.1 Å². The van der Waals surface area contributed by atoms with E-state index >= 15 is 0 Å². The smallest absolute Gasteiger partial charge is 0.281 e. The number of anilines is 1. The van der Waals surface area contributed by atoms with Crippen LogP contribution < -0.4 is 4.41 Å². The number of rotatable bonds is 7. The first-order valence-electron chi connectivity index (χ1n) is 9.96. The largest absolute Gasteiger partial charge is 0.336 e. The van der Waals surface area contributed by atoms with Crippen LogP contribution in [0.5, 0.6) is 0 Å². The van der Waals surface area contributed by atoms with E-state index in [1.165, 1.54) is 10.6 Å². The van der Waals surface area contributed by atoms with Gasteiger partial charge in [0, 0.05) is 25.2 Å². The molecule has 0 saturated heterocycles. The van der Waals surface area contributed by atoms with Crippen LogP contribution in [-0.4, -0.2) is 32.7 Å². The Balaban J connectivity index is 2.10. The predicted octanol–water partition coefficient (Wildman–Crippen LogP) is 4.83. The number of sulfonamides is 1. The van der Waals surface area contributed by atoms with E-state index in [4.69, 9.17) is 4.52 Å². The van der Waals surface area contributed by atoms with Gasteiger partial charge < -0.3 is 4.52 Å². The van der Waals surface area contributed by atoms with Gasteiger partial charge in [-0.3, -0.25) is 0 Å². The number of aromatic nitrogens is 1. The van der Waals surface area contributed by atoms with Crippen molar-refractivity contribution in [2.24, 2.45) is 5.92 Å². The second-order valence-electron chi connectivity index (χ2n) is 8.08. The Kier molecular flexibility index (Phi) is 6.33. The molecule has 1 aromatic heterocycles. The lowest BCUT2D eigenvalue weighted by atomic mass is 9.99. The first kappa shape index (κ1) is 22.1. The first-order valence-corrected chi connectivity index (χ1v) is 11.4. The number of hydrogen-bond donors (Lipinski definition) is 0. The summed E-state index contributed by atoms with van der Waals surface area (Å²) in [5.74, 6) is 0.755. The van der Waals surface area contributed by atoms with Gasteiger partial charge in [-0.1, -0.05) is 61.5 Å². The van der Waals surface area contributed by atoms with Gasteiger partial charge in [0.1, 0.15) is 0 Å². The fourth-order valence-electron chi connectivity index (χ4n) is 3.40. The second kappa shape index (κ2) is 8.62. The molecule has 0 aliphatic carbocycles. The molecule has 0 N–H and O–H groups in total. The average molecular weight is 428 g/mol. The Hall–Kier alpha value is -2.64. The summed E-state index contributed by atoms with van der Waals surface area (Å²) < 4.78 is 34.0. The van der Waals surface area contributed by atoms with Crippen LogP contribution in [0.3, 0.4) is 0 Å². The molecule has 0 radical (unpaired) electrons. The highest BCUT2D eigenvalue weighted by Crippen LogP contribution is 2.34. The van der Waals surface area contributed by atoms with E-state index in [1.807, 2.05) is 24.3 Å². The van der Waals surface area contributed by atoms with Gasteiger partial charge in [-0.15, -0.1) is 0 Å². The molecule has 0 unspecified atom stereocenters. The maximum absolute atomic E-state index is 13.7. The van der Waals surface area contributed by atoms with Gasteiger partial charge in [-0.25, -0.2) is 5.01 Å². The van der Waals surface area contributed by atoms with E-state index in [1.54, 1.807) is 40.1 Å². The third kappa shape index (κ3) is 4.27. The molecule has 30 heavy (non-hydrogen) atoms. The van der Waals surface area contributed by atoms with Crippen molar-refractivity contribution in [3.63, 3.8) is 0 Å². The Morgan fingerprint density at radius 3 is 2.17 bits per heavy atom. The van der Waals surface area contributed by atoms with Gasteiger partial charge in [0.05, 0.1) is 10.6 Å². The molecule has 1 heterocycles. The molecule has 0 amide bonds. The van der Waals surface area contributed by atoms with Gasteiger partial charge in [-0.05, 0) is 43.4 Å². The lowest BCUT2D eigenvalue weighted by Crippen LogP contribution is -2.42. The highest BCUT2D eigenvalue weighted by molar-refractivity contribution is 7.92. The van der Waals surface area contributed by atoms with Gasteiger partial charge >= 0.3 is 0 Å². The third-order valence-electron chi connectivity index (χ3n) is 4.97. The van der Waals surface area contributed by atoms with Crippen molar-refractivity contribution in [1.82, 2.24) is 10.2 Å². The summed E-state index contributed by atoms with van der Waals surface area (Å²) in [7, 11) is -0.615. The van der Waals surface area contributed by atoms with E-state index in [0.717, 1.165) is 16.4 Å². The molecular weight excluding hydrogens is 398 g/mol. The van der Waals surface area contributed by atoms with E-state index in [9.17, 15) is 8.42 Å². The van der Waals surface area contributed by atoms with Crippen LogP contribution in [0, 0.1) is 19.8 Å². The van der Waals surface area contributed by atoms with Crippen LogP contribution in [-0.2, 0) is 16.4 Å². The molecule has 0 spiro atoms. The zero-order chi connectivity index (χ0) is 22.1. The molecule has 3 aromatic rings. The Morgan fingerprint density at radius 1 is 1.00 bits per heavy atom. The lowest BCUT2D eigenvalue weighted by Gasteiger charge is -2.28. The standard InChI is InChI=1S/C23H29N3O3S/c1-16(2)15-19-11-13-20(14-12-19)21-9-7-8-10-22(21)30(27,28)26(25(5)6)23-17(3)18(4)24-29-23/h7-14,16H,15H2,1-6H3. The van der Waals surface area contributed by atoms with E-state index < -0.39 is 10.0 Å². The second-order valence-corrected chi connectivity index (χ2v) is 9.82. The highest BCUT2D eigenvalue weighted by atomic mass is 32.2. The molecule has 3 rings (SSSR count). The summed E-state index contributed by atoms with van der Waals surface area (Å²) >= 11 is 0. The minimum atomic E-state index is -3.94. The number of aryl methyl sites for hydroxylation is 1. The Bertz CT molecular complexity index is 1120. The predicted molar refractivity (Wildman–Crippen MR) is 120 cm³/mol. The minimum absolute atomic E-state index is 0.194. The maximum Gasteiger partial charge on any atom is 0.281 e. The fraction of sp³-hybridized carbons (Fsp3) is 0.348.